The predicted octanol–water partition coefficient (Wildman–Crippen LogP) is 2.56. The van der Waals surface area contributed by atoms with Gasteiger partial charge in [0.25, 0.3) is 0 Å². The molecule has 0 saturated carbocycles. The van der Waals surface area contributed by atoms with Crippen LogP contribution in [0.3, 0.4) is 0 Å². The summed E-state index contributed by atoms with van der Waals surface area (Å²) >= 11 is 0. The summed E-state index contributed by atoms with van der Waals surface area (Å²) in [5, 5.41) is 4.33. The summed E-state index contributed by atoms with van der Waals surface area (Å²) in [5.41, 5.74) is 2.06. The Morgan fingerprint density at radius 1 is 1.22 bits per heavy atom. The molecule has 0 saturated heterocycles. The van der Waals surface area contributed by atoms with E-state index in [1.54, 1.807) is 0 Å². The zero-order valence-corrected chi connectivity index (χ0v) is 12.7. The number of aliphatic imine (C=N–C) groups is 1. The van der Waals surface area contributed by atoms with Gasteiger partial charge in [-0.25, -0.2) is 0 Å². The van der Waals surface area contributed by atoms with Crippen molar-refractivity contribution in [3.63, 3.8) is 0 Å². The molecule has 6 heteroatoms. The Labute approximate surface area is 133 Å². The average Bonchev–Trinajstić information content (AvgIpc) is 3.27. The highest BCUT2D eigenvalue weighted by atomic mass is 16.7. The highest BCUT2D eigenvalue weighted by molar-refractivity contribution is 5.81. The van der Waals surface area contributed by atoms with Crippen molar-refractivity contribution >= 4 is 6.21 Å². The van der Waals surface area contributed by atoms with Crippen LogP contribution in [0, 0.1) is 0 Å². The van der Waals surface area contributed by atoms with E-state index < -0.39 is 0 Å². The summed E-state index contributed by atoms with van der Waals surface area (Å²) in [6.07, 6.45) is 7.70. The van der Waals surface area contributed by atoms with Gasteiger partial charge in [0.1, 0.15) is 5.82 Å². The first kappa shape index (κ1) is 13.6. The van der Waals surface area contributed by atoms with Crippen molar-refractivity contribution in [2.24, 2.45) is 12.0 Å². The topological polar surface area (TPSA) is 53.6 Å². The van der Waals surface area contributed by atoms with E-state index in [1.807, 2.05) is 71.4 Å². The Hall–Kier alpha value is -3.02. The lowest BCUT2D eigenvalue weighted by Gasteiger charge is -2.05. The van der Waals surface area contributed by atoms with Crippen LogP contribution in [0.2, 0.25) is 0 Å². The zero-order chi connectivity index (χ0) is 15.6. The monoisotopic (exact) mass is 308 g/mol. The van der Waals surface area contributed by atoms with E-state index in [0.29, 0.717) is 6.54 Å². The van der Waals surface area contributed by atoms with Crippen LogP contribution in [-0.2, 0) is 13.6 Å². The molecule has 0 fully saturated rings. The summed E-state index contributed by atoms with van der Waals surface area (Å²) in [5.74, 6) is 2.57. The van der Waals surface area contributed by atoms with E-state index in [4.69, 9.17) is 9.47 Å². The minimum Gasteiger partial charge on any atom is -0.454 e. The molecule has 0 amide bonds. The Bertz CT molecular complexity index is 850. The molecule has 0 radical (unpaired) electrons. The maximum absolute atomic E-state index is 5.37. The quantitative estimate of drug-likeness (QED) is 0.696. The van der Waals surface area contributed by atoms with Crippen LogP contribution in [0.1, 0.15) is 11.1 Å². The lowest BCUT2D eigenvalue weighted by molar-refractivity contribution is 0.174. The number of nitrogens with zero attached hydrogens (tertiary/aromatic N) is 4. The summed E-state index contributed by atoms with van der Waals surface area (Å²) in [4.78, 5) is 4.53. The summed E-state index contributed by atoms with van der Waals surface area (Å²) in [7, 11) is 1.93. The molecule has 4 rings (SSSR count). The van der Waals surface area contributed by atoms with E-state index >= 15 is 0 Å². The molecule has 2 aromatic heterocycles. The fourth-order valence-electron chi connectivity index (χ4n) is 2.64. The molecule has 23 heavy (non-hydrogen) atoms. The first-order chi connectivity index (χ1) is 11.3. The number of benzene rings is 1. The third kappa shape index (κ3) is 2.59. The number of ether oxygens (including phenoxy) is 2. The molecule has 1 aliphatic rings. The zero-order valence-electron chi connectivity index (χ0n) is 12.7. The van der Waals surface area contributed by atoms with Crippen molar-refractivity contribution in [2.75, 3.05) is 6.79 Å². The number of hydrogen-bond acceptors (Lipinski definition) is 4. The summed E-state index contributed by atoms with van der Waals surface area (Å²) in [6.45, 7) is 0.849. The molecule has 3 heterocycles. The van der Waals surface area contributed by atoms with Gasteiger partial charge in [0.2, 0.25) is 6.79 Å². The Morgan fingerprint density at radius 2 is 2.04 bits per heavy atom. The van der Waals surface area contributed by atoms with Gasteiger partial charge >= 0.3 is 0 Å². The van der Waals surface area contributed by atoms with Crippen molar-refractivity contribution in [1.29, 1.82) is 0 Å². The van der Waals surface area contributed by atoms with Gasteiger partial charge in [0.05, 0.1) is 12.7 Å². The largest absolute Gasteiger partial charge is 0.454 e. The van der Waals surface area contributed by atoms with Crippen LogP contribution in [0.15, 0.2) is 53.9 Å². The molecule has 0 N–H and O–H groups in total. The third-order valence-electron chi connectivity index (χ3n) is 3.73. The molecule has 0 bridgehead atoms. The van der Waals surface area contributed by atoms with Crippen LogP contribution in [0.25, 0.3) is 5.82 Å². The van der Waals surface area contributed by atoms with Crippen LogP contribution >= 0.6 is 0 Å². The summed E-state index contributed by atoms with van der Waals surface area (Å²) in [6, 6.07) is 9.79. The molecule has 0 spiro atoms. The first-order valence-corrected chi connectivity index (χ1v) is 7.35. The van der Waals surface area contributed by atoms with Crippen molar-refractivity contribution in [2.45, 2.75) is 6.54 Å². The number of rotatable bonds is 4. The molecular formula is C17H16N4O2. The lowest BCUT2D eigenvalue weighted by atomic mass is 10.2. The molecule has 3 aromatic rings. The van der Waals surface area contributed by atoms with Gasteiger partial charge in [-0.2, -0.15) is 5.10 Å². The standard InChI is InChI=1S/C17H16N4O2/c1-20-17(21-6-2-3-7-21)14(11-19-20)10-18-9-13-4-5-15-16(8-13)23-12-22-15/h2-9,11H,10,12H2,1H3. The van der Waals surface area contributed by atoms with Crippen LogP contribution < -0.4 is 9.47 Å². The van der Waals surface area contributed by atoms with Crippen LogP contribution in [0.5, 0.6) is 11.5 Å². The van der Waals surface area contributed by atoms with Crippen LogP contribution in [0.4, 0.5) is 0 Å². The van der Waals surface area contributed by atoms with Crippen molar-refractivity contribution in [3.8, 4) is 17.3 Å². The molecule has 1 aromatic carbocycles. The highest BCUT2D eigenvalue weighted by Crippen LogP contribution is 2.32. The molecule has 0 atom stereocenters. The number of aromatic nitrogens is 3. The second kappa shape index (κ2) is 5.64. The van der Waals surface area contributed by atoms with Crippen LogP contribution in [-0.4, -0.2) is 27.4 Å². The Balaban J connectivity index is 1.53. The second-order valence-electron chi connectivity index (χ2n) is 5.29. The van der Waals surface area contributed by atoms with Gasteiger partial charge in [0, 0.05) is 31.2 Å². The SMILES string of the molecule is Cn1ncc(CN=Cc2ccc3c(c2)OCO3)c1-n1cccc1. The Kier molecular flexibility index (Phi) is 3.34. The smallest absolute Gasteiger partial charge is 0.231 e. The fraction of sp³-hybridized carbons (Fsp3) is 0.176. The third-order valence-corrected chi connectivity index (χ3v) is 3.73. The molecule has 0 aliphatic carbocycles. The molecule has 0 unspecified atom stereocenters. The molecule has 116 valence electrons. The fourth-order valence-corrected chi connectivity index (χ4v) is 2.64. The van der Waals surface area contributed by atoms with E-state index in [2.05, 4.69) is 10.1 Å². The van der Waals surface area contributed by atoms with E-state index in [9.17, 15) is 0 Å². The van der Waals surface area contributed by atoms with Gasteiger partial charge in [0.15, 0.2) is 11.5 Å². The van der Waals surface area contributed by atoms with E-state index in [0.717, 1.165) is 28.4 Å². The van der Waals surface area contributed by atoms with Gasteiger partial charge in [-0.1, -0.05) is 0 Å². The molecule has 1 aliphatic heterocycles. The summed E-state index contributed by atoms with van der Waals surface area (Å²) < 4.78 is 14.6. The maximum atomic E-state index is 5.37. The minimum absolute atomic E-state index is 0.284. The second-order valence-corrected chi connectivity index (χ2v) is 5.29. The van der Waals surface area contributed by atoms with E-state index in [1.165, 1.54) is 0 Å². The van der Waals surface area contributed by atoms with Gasteiger partial charge in [-0.3, -0.25) is 9.67 Å². The maximum Gasteiger partial charge on any atom is 0.231 e. The number of hydrogen-bond donors (Lipinski definition) is 0. The highest BCUT2D eigenvalue weighted by Gasteiger charge is 2.12. The van der Waals surface area contributed by atoms with Gasteiger partial charge < -0.3 is 14.0 Å². The molecular weight excluding hydrogens is 292 g/mol. The van der Waals surface area contributed by atoms with E-state index in [-0.39, 0.29) is 6.79 Å². The van der Waals surface area contributed by atoms with Crippen molar-refractivity contribution in [1.82, 2.24) is 14.3 Å². The number of aryl methyl sites for hydroxylation is 1. The molecule has 6 nitrogen and oxygen atoms in total. The number of fused-ring (bicyclic) bond motifs is 1. The minimum atomic E-state index is 0.284. The normalized spacial score (nSPS) is 13.1. The van der Waals surface area contributed by atoms with Crippen molar-refractivity contribution < 1.29 is 9.47 Å². The lowest BCUT2D eigenvalue weighted by Crippen LogP contribution is -2.02. The van der Waals surface area contributed by atoms with Gasteiger partial charge in [-0.05, 0) is 35.9 Å². The predicted molar refractivity (Wildman–Crippen MR) is 86.4 cm³/mol. The average molecular weight is 308 g/mol. The first-order valence-electron chi connectivity index (χ1n) is 7.35. The van der Waals surface area contributed by atoms with Crippen molar-refractivity contribution in [3.05, 3.63) is 60.0 Å². The Morgan fingerprint density at radius 3 is 2.91 bits per heavy atom. The van der Waals surface area contributed by atoms with Gasteiger partial charge in [-0.15, -0.1) is 0 Å².